The minimum atomic E-state index is 0.544. The van der Waals surface area contributed by atoms with Gasteiger partial charge in [-0.2, -0.15) is 0 Å². The van der Waals surface area contributed by atoms with E-state index in [1.165, 1.54) is 49.2 Å². The Bertz CT molecular complexity index is 418. The first-order chi connectivity index (χ1) is 8.78. The van der Waals surface area contributed by atoms with Gasteiger partial charge >= 0.3 is 0 Å². The van der Waals surface area contributed by atoms with E-state index in [9.17, 15) is 0 Å². The lowest BCUT2D eigenvalue weighted by Gasteiger charge is -2.25. The van der Waals surface area contributed by atoms with Crippen molar-refractivity contribution in [3.8, 4) is 0 Å². The lowest BCUT2D eigenvalue weighted by Crippen LogP contribution is -2.38. The maximum absolute atomic E-state index is 6.10. The number of likely N-dealkylation sites (N-methyl/N-ethyl adjacent to an activating group) is 1. The van der Waals surface area contributed by atoms with E-state index in [0.29, 0.717) is 6.04 Å². The molecule has 1 aliphatic heterocycles. The normalized spacial score (nSPS) is 27.9. The summed E-state index contributed by atoms with van der Waals surface area (Å²) in [7, 11) is 0. The molecule has 1 N–H and O–H groups in total. The van der Waals surface area contributed by atoms with Crippen molar-refractivity contribution in [2.75, 3.05) is 19.6 Å². The minimum Gasteiger partial charge on any atom is -0.308 e. The summed E-state index contributed by atoms with van der Waals surface area (Å²) in [5, 5.41) is 3.76. The SMILES string of the molecule is CCN1CCCC1CNC1CCc2sc(Cl)cc21. The molecule has 0 saturated carbocycles. The molecule has 3 rings (SSSR count). The van der Waals surface area contributed by atoms with Crippen LogP contribution < -0.4 is 5.32 Å². The molecule has 100 valence electrons. The summed E-state index contributed by atoms with van der Waals surface area (Å²) in [4.78, 5) is 4.10. The van der Waals surface area contributed by atoms with Crippen molar-refractivity contribution >= 4 is 22.9 Å². The Morgan fingerprint density at radius 1 is 1.50 bits per heavy atom. The van der Waals surface area contributed by atoms with Gasteiger partial charge in [0, 0.05) is 23.5 Å². The van der Waals surface area contributed by atoms with E-state index in [2.05, 4.69) is 23.2 Å². The topological polar surface area (TPSA) is 15.3 Å². The van der Waals surface area contributed by atoms with E-state index in [1.807, 2.05) is 0 Å². The molecule has 0 spiro atoms. The molecule has 2 heterocycles. The predicted molar refractivity (Wildman–Crippen MR) is 78.7 cm³/mol. The van der Waals surface area contributed by atoms with Crippen molar-refractivity contribution in [1.82, 2.24) is 10.2 Å². The number of nitrogens with zero attached hydrogens (tertiary/aromatic N) is 1. The van der Waals surface area contributed by atoms with Crippen LogP contribution in [0.15, 0.2) is 6.07 Å². The van der Waals surface area contributed by atoms with E-state index in [4.69, 9.17) is 11.6 Å². The Morgan fingerprint density at radius 2 is 2.39 bits per heavy atom. The molecule has 18 heavy (non-hydrogen) atoms. The van der Waals surface area contributed by atoms with Gasteiger partial charge in [0.25, 0.3) is 0 Å². The number of hydrogen-bond acceptors (Lipinski definition) is 3. The zero-order chi connectivity index (χ0) is 12.5. The fourth-order valence-corrected chi connectivity index (χ4v) is 4.72. The number of likely N-dealkylation sites (tertiary alicyclic amines) is 1. The zero-order valence-electron chi connectivity index (χ0n) is 10.9. The highest BCUT2D eigenvalue weighted by Crippen LogP contribution is 2.39. The molecule has 1 aromatic rings. The van der Waals surface area contributed by atoms with E-state index >= 15 is 0 Å². The standard InChI is InChI=1S/C14H21ClN2S/c1-2-17-7-3-4-10(17)9-16-12-5-6-13-11(12)8-14(15)18-13/h8,10,12,16H,2-7,9H2,1H3. The third-order valence-corrected chi connectivity index (χ3v) is 5.69. The van der Waals surface area contributed by atoms with Crippen molar-refractivity contribution in [2.45, 2.75) is 44.7 Å². The van der Waals surface area contributed by atoms with E-state index in [-0.39, 0.29) is 0 Å². The van der Waals surface area contributed by atoms with Gasteiger partial charge in [-0.15, -0.1) is 11.3 Å². The monoisotopic (exact) mass is 284 g/mol. The molecule has 1 fully saturated rings. The summed E-state index contributed by atoms with van der Waals surface area (Å²) in [5.41, 5.74) is 1.46. The molecular formula is C14H21ClN2S. The molecule has 0 aromatic carbocycles. The minimum absolute atomic E-state index is 0.544. The van der Waals surface area contributed by atoms with Gasteiger partial charge in [-0.1, -0.05) is 18.5 Å². The molecular weight excluding hydrogens is 264 g/mol. The van der Waals surface area contributed by atoms with Gasteiger partial charge in [0.05, 0.1) is 4.34 Å². The maximum Gasteiger partial charge on any atom is 0.0934 e. The molecule has 2 unspecified atom stereocenters. The van der Waals surface area contributed by atoms with Crippen LogP contribution in [-0.4, -0.2) is 30.6 Å². The maximum atomic E-state index is 6.10. The second-order valence-electron chi connectivity index (χ2n) is 5.35. The van der Waals surface area contributed by atoms with Crippen molar-refractivity contribution in [3.63, 3.8) is 0 Å². The summed E-state index contributed by atoms with van der Waals surface area (Å²) in [6, 6.07) is 3.45. The molecule has 1 saturated heterocycles. The smallest absolute Gasteiger partial charge is 0.0934 e. The largest absolute Gasteiger partial charge is 0.308 e. The Hall–Kier alpha value is -0.0900. The van der Waals surface area contributed by atoms with Crippen LogP contribution in [0.3, 0.4) is 0 Å². The molecule has 4 heteroatoms. The van der Waals surface area contributed by atoms with Crippen LogP contribution in [0.5, 0.6) is 0 Å². The van der Waals surface area contributed by atoms with E-state index < -0.39 is 0 Å². The van der Waals surface area contributed by atoms with Crippen molar-refractivity contribution < 1.29 is 0 Å². The fraction of sp³-hybridized carbons (Fsp3) is 0.714. The van der Waals surface area contributed by atoms with Crippen LogP contribution in [0.1, 0.15) is 42.7 Å². The summed E-state index contributed by atoms with van der Waals surface area (Å²) < 4.78 is 0.947. The Kier molecular flexibility index (Phi) is 3.94. The third kappa shape index (κ3) is 2.46. The second kappa shape index (κ2) is 5.49. The van der Waals surface area contributed by atoms with Crippen LogP contribution in [0.2, 0.25) is 4.34 Å². The lowest BCUT2D eigenvalue weighted by molar-refractivity contribution is 0.253. The predicted octanol–water partition coefficient (Wildman–Crippen LogP) is 3.46. The number of fused-ring (bicyclic) bond motifs is 1. The van der Waals surface area contributed by atoms with E-state index in [1.54, 1.807) is 11.3 Å². The molecule has 1 aromatic heterocycles. The molecule has 2 nitrogen and oxygen atoms in total. The summed E-state index contributed by atoms with van der Waals surface area (Å²) in [6.07, 6.45) is 5.16. The fourth-order valence-electron chi connectivity index (χ4n) is 3.36. The molecule has 1 aliphatic carbocycles. The van der Waals surface area contributed by atoms with Crippen molar-refractivity contribution in [3.05, 3.63) is 20.8 Å². The van der Waals surface area contributed by atoms with Crippen LogP contribution >= 0.6 is 22.9 Å². The number of rotatable bonds is 4. The van der Waals surface area contributed by atoms with Gasteiger partial charge in [-0.3, -0.25) is 4.90 Å². The van der Waals surface area contributed by atoms with Crippen molar-refractivity contribution in [2.24, 2.45) is 0 Å². The quantitative estimate of drug-likeness (QED) is 0.911. The lowest BCUT2D eigenvalue weighted by atomic mass is 10.1. The first kappa shape index (κ1) is 12.9. The van der Waals surface area contributed by atoms with Gasteiger partial charge in [-0.25, -0.2) is 0 Å². The number of nitrogens with one attached hydrogen (secondary N) is 1. The Labute approximate surface area is 118 Å². The van der Waals surface area contributed by atoms with Gasteiger partial charge in [-0.05, 0) is 50.4 Å². The van der Waals surface area contributed by atoms with Crippen LogP contribution in [-0.2, 0) is 6.42 Å². The molecule has 2 atom stereocenters. The number of hydrogen-bond donors (Lipinski definition) is 1. The van der Waals surface area contributed by atoms with Crippen LogP contribution in [0.25, 0.3) is 0 Å². The van der Waals surface area contributed by atoms with E-state index in [0.717, 1.165) is 16.9 Å². The second-order valence-corrected chi connectivity index (χ2v) is 7.12. The van der Waals surface area contributed by atoms with Crippen molar-refractivity contribution in [1.29, 1.82) is 0 Å². The van der Waals surface area contributed by atoms with Gasteiger partial charge < -0.3 is 5.32 Å². The first-order valence-electron chi connectivity index (χ1n) is 7.03. The highest BCUT2D eigenvalue weighted by Gasteiger charge is 2.27. The number of aryl methyl sites for hydroxylation is 1. The number of halogens is 1. The first-order valence-corrected chi connectivity index (χ1v) is 8.23. The molecule has 0 bridgehead atoms. The van der Waals surface area contributed by atoms with Gasteiger partial charge in [0.1, 0.15) is 0 Å². The molecule has 0 amide bonds. The molecule has 2 aliphatic rings. The molecule has 0 radical (unpaired) electrons. The summed E-state index contributed by atoms with van der Waals surface area (Å²) in [5.74, 6) is 0. The van der Waals surface area contributed by atoms with Crippen LogP contribution in [0.4, 0.5) is 0 Å². The van der Waals surface area contributed by atoms with Gasteiger partial charge in [0.2, 0.25) is 0 Å². The zero-order valence-corrected chi connectivity index (χ0v) is 12.5. The number of thiophene rings is 1. The highest BCUT2D eigenvalue weighted by molar-refractivity contribution is 7.16. The van der Waals surface area contributed by atoms with Crippen LogP contribution in [0, 0.1) is 0 Å². The summed E-state index contributed by atoms with van der Waals surface area (Å²) >= 11 is 7.86. The highest BCUT2D eigenvalue weighted by atomic mass is 35.5. The third-order valence-electron chi connectivity index (χ3n) is 4.35. The average molecular weight is 285 g/mol. The average Bonchev–Trinajstić information content (AvgIpc) is 3.01. The Morgan fingerprint density at radius 3 is 3.22 bits per heavy atom. The van der Waals surface area contributed by atoms with Gasteiger partial charge in [0.15, 0.2) is 0 Å². The summed E-state index contributed by atoms with van der Waals surface area (Å²) in [6.45, 7) is 5.87. The Balaban J connectivity index is 1.58.